The number of carbonyl (C=O) groups is 1. The molecule has 1 saturated heterocycles. The van der Waals surface area contributed by atoms with Crippen LogP contribution in [-0.4, -0.2) is 45.0 Å². The third-order valence-electron chi connectivity index (χ3n) is 4.61. The molecular formula is C23H29NO5. The number of rotatable bonds is 11. The molecule has 1 unspecified atom stereocenters. The van der Waals surface area contributed by atoms with Crippen molar-refractivity contribution in [3.8, 4) is 5.75 Å². The molecule has 3 rings (SSSR count). The van der Waals surface area contributed by atoms with Crippen LogP contribution in [0.3, 0.4) is 0 Å². The topological polar surface area (TPSA) is 66.0 Å². The molecule has 1 aliphatic rings. The van der Waals surface area contributed by atoms with Crippen LogP contribution in [0.4, 0.5) is 5.69 Å². The van der Waals surface area contributed by atoms with Gasteiger partial charge in [0.2, 0.25) is 0 Å². The first kappa shape index (κ1) is 21.3. The van der Waals surface area contributed by atoms with E-state index in [0.717, 1.165) is 36.4 Å². The Hall–Kier alpha value is -2.41. The van der Waals surface area contributed by atoms with Crippen molar-refractivity contribution in [3.63, 3.8) is 0 Å². The van der Waals surface area contributed by atoms with Crippen molar-refractivity contribution in [2.24, 2.45) is 0 Å². The van der Waals surface area contributed by atoms with Gasteiger partial charge in [-0.1, -0.05) is 12.1 Å². The molecule has 0 spiro atoms. The van der Waals surface area contributed by atoms with Crippen molar-refractivity contribution in [3.05, 3.63) is 59.7 Å². The van der Waals surface area contributed by atoms with Crippen molar-refractivity contribution >= 4 is 11.6 Å². The minimum Gasteiger partial charge on any atom is -0.491 e. The Kier molecular flexibility index (Phi) is 8.49. The lowest BCUT2D eigenvalue weighted by Gasteiger charge is -2.12. The van der Waals surface area contributed by atoms with Gasteiger partial charge in [-0.25, -0.2) is 0 Å². The van der Waals surface area contributed by atoms with E-state index < -0.39 is 0 Å². The lowest BCUT2D eigenvalue weighted by atomic mass is 10.1. The van der Waals surface area contributed by atoms with Crippen LogP contribution in [0.1, 0.15) is 35.7 Å². The average Bonchev–Trinajstić information content (AvgIpc) is 3.26. The zero-order valence-corrected chi connectivity index (χ0v) is 16.9. The highest BCUT2D eigenvalue weighted by Crippen LogP contribution is 2.18. The predicted octanol–water partition coefficient (Wildman–Crippen LogP) is 4.05. The Morgan fingerprint density at radius 2 is 1.97 bits per heavy atom. The minimum atomic E-state index is -0.162. The van der Waals surface area contributed by atoms with Gasteiger partial charge in [-0.05, 0) is 61.7 Å². The van der Waals surface area contributed by atoms with Crippen LogP contribution in [0.25, 0.3) is 0 Å². The molecular weight excluding hydrogens is 370 g/mol. The van der Waals surface area contributed by atoms with Gasteiger partial charge in [-0.2, -0.15) is 0 Å². The molecule has 2 aromatic rings. The van der Waals surface area contributed by atoms with Gasteiger partial charge in [-0.15, -0.1) is 0 Å². The Labute approximate surface area is 172 Å². The second-order valence-electron chi connectivity index (χ2n) is 6.87. The van der Waals surface area contributed by atoms with E-state index in [1.54, 1.807) is 12.1 Å². The molecule has 1 atom stereocenters. The summed E-state index contributed by atoms with van der Waals surface area (Å²) in [4.78, 5) is 12.5. The van der Waals surface area contributed by atoms with Gasteiger partial charge in [0, 0.05) is 24.5 Å². The standard InChI is InChI=1S/C23H29NO5/c1-2-26-13-14-27-16-18-5-3-6-20(15-18)24-23(25)19-8-10-21(11-9-19)29-17-22-7-4-12-28-22/h3,5-6,8-11,15,22H,2,4,7,12-14,16-17H2,1H3,(H,24,25). The summed E-state index contributed by atoms with van der Waals surface area (Å²) in [6.07, 6.45) is 2.30. The third kappa shape index (κ3) is 7.16. The molecule has 0 aromatic heterocycles. The van der Waals surface area contributed by atoms with E-state index in [4.69, 9.17) is 18.9 Å². The number of amides is 1. The number of nitrogens with one attached hydrogen (secondary N) is 1. The van der Waals surface area contributed by atoms with Crippen LogP contribution in [0.5, 0.6) is 5.75 Å². The molecule has 29 heavy (non-hydrogen) atoms. The molecule has 1 N–H and O–H groups in total. The number of anilines is 1. The summed E-state index contributed by atoms with van der Waals surface area (Å²) in [5, 5.41) is 2.93. The highest BCUT2D eigenvalue weighted by Gasteiger charge is 2.16. The Morgan fingerprint density at radius 1 is 1.14 bits per heavy atom. The van der Waals surface area contributed by atoms with E-state index in [0.29, 0.717) is 38.6 Å². The van der Waals surface area contributed by atoms with Gasteiger partial charge in [0.25, 0.3) is 5.91 Å². The molecule has 0 aliphatic carbocycles. The molecule has 0 radical (unpaired) electrons. The third-order valence-corrected chi connectivity index (χ3v) is 4.61. The maximum atomic E-state index is 12.5. The summed E-state index contributed by atoms with van der Waals surface area (Å²) in [7, 11) is 0. The Balaban J connectivity index is 1.47. The van der Waals surface area contributed by atoms with Crippen molar-refractivity contribution in [2.45, 2.75) is 32.5 Å². The lowest BCUT2D eigenvalue weighted by Crippen LogP contribution is -2.16. The first-order valence-corrected chi connectivity index (χ1v) is 10.1. The Bertz CT molecular complexity index is 756. The zero-order valence-electron chi connectivity index (χ0n) is 16.9. The first-order valence-electron chi connectivity index (χ1n) is 10.1. The second kappa shape index (κ2) is 11.6. The van der Waals surface area contributed by atoms with Gasteiger partial charge in [-0.3, -0.25) is 4.79 Å². The molecule has 156 valence electrons. The molecule has 6 heteroatoms. The monoisotopic (exact) mass is 399 g/mol. The van der Waals surface area contributed by atoms with Crippen molar-refractivity contribution < 1.29 is 23.7 Å². The molecule has 0 bridgehead atoms. The quantitative estimate of drug-likeness (QED) is 0.578. The van der Waals surface area contributed by atoms with Crippen LogP contribution in [0, 0.1) is 0 Å². The van der Waals surface area contributed by atoms with Gasteiger partial charge >= 0.3 is 0 Å². The van der Waals surface area contributed by atoms with Crippen molar-refractivity contribution in [1.29, 1.82) is 0 Å². The highest BCUT2D eigenvalue weighted by molar-refractivity contribution is 6.04. The molecule has 2 aromatic carbocycles. The fourth-order valence-corrected chi connectivity index (χ4v) is 3.06. The summed E-state index contributed by atoms with van der Waals surface area (Å²) < 4.78 is 22.1. The normalized spacial score (nSPS) is 16.0. The molecule has 1 heterocycles. The summed E-state index contributed by atoms with van der Waals surface area (Å²) in [6.45, 7) is 5.61. The summed E-state index contributed by atoms with van der Waals surface area (Å²) in [5.74, 6) is 0.577. The number of hydrogen-bond donors (Lipinski definition) is 1. The van der Waals surface area contributed by atoms with Gasteiger partial charge in [0.1, 0.15) is 12.4 Å². The number of hydrogen-bond acceptors (Lipinski definition) is 5. The summed E-state index contributed by atoms with van der Waals surface area (Å²) in [5.41, 5.74) is 2.31. The summed E-state index contributed by atoms with van der Waals surface area (Å²) >= 11 is 0. The lowest BCUT2D eigenvalue weighted by molar-refractivity contribution is 0.0453. The average molecular weight is 399 g/mol. The maximum absolute atomic E-state index is 12.5. The first-order chi connectivity index (χ1) is 14.2. The molecule has 6 nitrogen and oxygen atoms in total. The Morgan fingerprint density at radius 3 is 2.72 bits per heavy atom. The number of carbonyl (C=O) groups excluding carboxylic acids is 1. The summed E-state index contributed by atoms with van der Waals surface area (Å²) in [6, 6.07) is 14.8. The fourth-order valence-electron chi connectivity index (χ4n) is 3.06. The largest absolute Gasteiger partial charge is 0.491 e. The fraction of sp³-hybridized carbons (Fsp3) is 0.435. The van der Waals surface area contributed by atoms with Crippen LogP contribution >= 0.6 is 0 Å². The van der Waals surface area contributed by atoms with E-state index in [9.17, 15) is 4.79 Å². The van der Waals surface area contributed by atoms with E-state index in [1.807, 2.05) is 43.3 Å². The second-order valence-corrected chi connectivity index (χ2v) is 6.87. The van der Waals surface area contributed by atoms with Gasteiger partial charge in [0.15, 0.2) is 0 Å². The smallest absolute Gasteiger partial charge is 0.255 e. The highest BCUT2D eigenvalue weighted by atomic mass is 16.5. The minimum absolute atomic E-state index is 0.162. The van der Waals surface area contributed by atoms with Crippen LogP contribution in [0.15, 0.2) is 48.5 Å². The van der Waals surface area contributed by atoms with E-state index >= 15 is 0 Å². The molecule has 0 saturated carbocycles. The molecule has 1 amide bonds. The van der Waals surface area contributed by atoms with E-state index in [1.165, 1.54) is 0 Å². The van der Waals surface area contributed by atoms with E-state index in [-0.39, 0.29) is 12.0 Å². The van der Waals surface area contributed by atoms with Crippen molar-refractivity contribution in [1.82, 2.24) is 0 Å². The predicted molar refractivity (Wildman–Crippen MR) is 111 cm³/mol. The van der Waals surface area contributed by atoms with Crippen LogP contribution in [-0.2, 0) is 20.8 Å². The number of benzene rings is 2. The SMILES string of the molecule is CCOCCOCc1cccc(NC(=O)c2ccc(OCC3CCCO3)cc2)c1. The molecule has 1 aliphatic heterocycles. The van der Waals surface area contributed by atoms with Crippen molar-refractivity contribution in [2.75, 3.05) is 38.4 Å². The molecule has 1 fully saturated rings. The maximum Gasteiger partial charge on any atom is 0.255 e. The van der Waals surface area contributed by atoms with Gasteiger partial charge < -0.3 is 24.3 Å². The van der Waals surface area contributed by atoms with E-state index in [2.05, 4.69) is 5.32 Å². The van der Waals surface area contributed by atoms with Crippen LogP contribution < -0.4 is 10.1 Å². The number of ether oxygens (including phenoxy) is 4. The zero-order chi connectivity index (χ0) is 20.3. The van der Waals surface area contributed by atoms with Crippen LogP contribution in [0.2, 0.25) is 0 Å². The van der Waals surface area contributed by atoms with Gasteiger partial charge in [0.05, 0.1) is 25.9 Å².